The third-order valence-corrected chi connectivity index (χ3v) is 0. The van der Waals surface area contributed by atoms with Crippen molar-refractivity contribution in [1.29, 1.82) is 0 Å². The quantitative estimate of drug-likeness (QED) is 0.328. The summed E-state index contributed by atoms with van der Waals surface area (Å²) in [6.07, 6.45) is 0. The maximum atomic E-state index is 2.42. The lowest BCUT2D eigenvalue weighted by Gasteiger charge is -1.65. The lowest BCUT2D eigenvalue weighted by molar-refractivity contribution is 5.41. The minimum atomic E-state index is 0.0304. The van der Waals surface area contributed by atoms with Gasteiger partial charge in [0.2, 0.25) is 0 Å². The van der Waals surface area contributed by atoms with Crippen LogP contribution in [-0.2, 0) is 0 Å². The van der Waals surface area contributed by atoms with Crippen molar-refractivity contribution in [2.45, 2.75) is 0 Å². The summed E-state index contributed by atoms with van der Waals surface area (Å²) in [5, 5.41) is 0. The van der Waals surface area contributed by atoms with E-state index in [0.29, 0.717) is 0 Å². The first-order valence-electron chi connectivity index (χ1n) is 0.567. The standard InChI is InChI=1S/I3Si/c1-4(2)3. The van der Waals surface area contributed by atoms with Gasteiger partial charge >= 0.3 is 0 Å². The van der Waals surface area contributed by atoms with Crippen LogP contribution in [0.15, 0.2) is 0 Å². The van der Waals surface area contributed by atoms with Crippen LogP contribution in [0.4, 0.5) is 0 Å². The Morgan fingerprint density at radius 1 is 1.00 bits per heavy atom. The van der Waals surface area contributed by atoms with Crippen LogP contribution in [0.5, 0.6) is 0 Å². The second kappa shape index (κ2) is 3.59. The Hall–Kier alpha value is 2.41. The minimum absolute atomic E-state index is 0.0304. The van der Waals surface area contributed by atoms with Gasteiger partial charge in [0, 0.05) is 0 Å². The van der Waals surface area contributed by atoms with E-state index in [0.717, 1.165) is 0 Å². The average Bonchev–Trinajstić information content (AvgIpc) is 0.811. The van der Waals surface area contributed by atoms with Gasteiger partial charge in [-0.3, -0.25) is 0 Å². The number of halogens is 3. The molecule has 1 radical (unpaired) electrons. The Morgan fingerprint density at radius 2 is 1.00 bits per heavy atom. The highest BCUT2D eigenvalue weighted by atomic mass is 127. The van der Waals surface area contributed by atoms with Crippen molar-refractivity contribution in [1.82, 2.24) is 0 Å². The topological polar surface area (TPSA) is 0 Å². The van der Waals surface area contributed by atoms with Crippen molar-refractivity contribution in [2.24, 2.45) is 0 Å². The molecule has 4 heteroatoms. The lowest BCUT2D eigenvalue weighted by Crippen LogP contribution is -1.59. The number of hydrogen-bond donors (Lipinski definition) is 0. The summed E-state index contributed by atoms with van der Waals surface area (Å²) in [4.78, 5) is 0. The van der Waals surface area contributed by atoms with Crippen LogP contribution in [0.2, 0.25) is 0 Å². The fourth-order valence-electron chi connectivity index (χ4n) is 0. The molecule has 0 amide bonds. The molecule has 0 aromatic carbocycles. The second-order valence-electron chi connectivity index (χ2n) is 0.214. The zero-order valence-corrected chi connectivity index (χ0v) is 9.11. The van der Waals surface area contributed by atoms with Crippen molar-refractivity contribution in [3.05, 3.63) is 0 Å². The van der Waals surface area contributed by atoms with Crippen LogP contribution in [0, 0.1) is 0 Å². The molecular weight excluding hydrogens is 409 g/mol. The molecule has 4 heavy (non-hydrogen) atoms. The van der Waals surface area contributed by atoms with Gasteiger partial charge < -0.3 is 0 Å². The van der Waals surface area contributed by atoms with E-state index in [4.69, 9.17) is 0 Å². The Bertz CT molecular complexity index is 8.00. The van der Waals surface area contributed by atoms with E-state index in [9.17, 15) is 0 Å². The third-order valence-electron chi connectivity index (χ3n) is 0. The first-order chi connectivity index (χ1) is 1.73. The monoisotopic (exact) mass is 409 g/mol. The second-order valence-corrected chi connectivity index (χ2v) is 28.9. The summed E-state index contributed by atoms with van der Waals surface area (Å²) >= 11 is 7.26. The van der Waals surface area contributed by atoms with E-state index in [1.54, 1.807) is 0 Å². The van der Waals surface area contributed by atoms with Gasteiger partial charge in [-0.15, -0.1) is 0 Å². The first kappa shape index (κ1) is 6.41. The van der Waals surface area contributed by atoms with E-state index in [-0.39, 0.29) is 1.29 Å². The van der Waals surface area contributed by atoms with Crippen LogP contribution in [0.25, 0.3) is 0 Å². The molecule has 0 aliphatic carbocycles. The van der Waals surface area contributed by atoms with Gasteiger partial charge in [-0.05, 0) is 0 Å². The summed E-state index contributed by atoms with van der Waals surface area (Å²) in [6.45, 7) is 0. The molecular formula is I3Si. The molecule has 0 nitrogen and oxygen atoms in total. The molecule has 0 unspecified atom stereocenters. The molecule has 0 aliphatic rings. The van der Waals surface area contributed by atoms with Crippen LogP contribution in [-0.4, -0.2) is 1.29 Å². The molecule has 0 N–H and O–H groups in total. The van der Waals surface area contributed by atoms with Crippen molar-refractivity contribution >= 4 is 66.7 Å². The average molecular weight is 409 g/mol. The largest absolute Gasteiger partial charge is 0.275 e. The summed E-state index contributed by atoms with van der Waals surface area (Å²) in [6, 6.07) is 0. The number of rotatable bonds is 0. The van der Waals surface area contributed by atoms with Crippen molar-refractivity contribution in [3.8, 4) is 0 Å². The smallest absolute Gasteiger partial charge is 0.0916 e. The van der Waals surface area contributed by atoms with Crippen LogP contribution in [0.3, 0.4) is 0 Å². The molecule has 25 valence electrons. The van der Waals surface area contributed by atoms with Gasteiger partial charge in [0.15, 0.2) is 0 Å². The molecule has 0 bridgehead atoms. The van der Waals surface area contributed by atoms with Gasteiger partial charge in [0.25, 0.3) is 1.29 Å². The highest BCUT2D eigenvalue weighted by Gasteiger charge is 1.83. The van der Waals surface area contributed by atoms with Crippen molar-refractivity contribution in [3.63, 3.8) is 0 Å². The van der Waals surface area contributed by atoms with Gasteiger partial charge in [0.1, 0.15) is 0 Å². The molecule has 0 atom stereocenters. The van der Waals surface area contributed by atoms with Crippen molar-refractivity contribution in [2.75, 3.05) is 0 Å². The molecule has 0 fully saturated rings. The maximum Gasteiger partial charge on any atom is 0.275 e. The lowest BCUT2D eigenvalue weighted by atomic mass is 28.1. The summed E-state index contributed by atoms with van der Waals surface area (Å²) in [7, 11) is 0. The van der Waals surface area contributed by atoms with Crippen LogP contribution >= 0.6 is 65.4 Å². The fourth-order valence-corrected chi connectivity index (χ4v) is 0. The number of hydrogen-bond acceptors (Lipinski definition) is 0. The van der Waals surface area contributed by atoms with E-state index < -0.39 is 0 Å². The summed E-state index contributed by atoms with van der Waals surface area (Å²) in [5.74, 6) is 0. The SMILES string of the molecule is I[Si](I)I. The molecule has 0 rings (SSSR count). The zero-order valence-electron chi connectivity index (χ0n) is 1.63. The van der Waals surface area contributed by atoms with E-state index >= 15 is 0 Å². The Kier molecular flexibility index (Phi) is 5.75. The Labute approximate surface area is 65.4 Å². The van der Waals surface area contributed by atoms with Gasteiger partial charge in [-0.2, -0.15) is 0 Å². The van der Waals surface area contributed by atoms with E-state index in [2.05, 4.69) is 65.4 Å². The minimum Gasteiger partial charge on any atom is -0.0916 e. The Balaban J connectivity index is 2.32. The van der Waals surface area contributed by atoms with Crippen molar-refractivity contribution < 1.29 is 0 Å². The van der Waals surface area contributed by atoms with Gasteiger partial charge in [0.05, 0.1) is 0 Å². The highest BCUT2D eigenvalue weighted by molar-refractivity contribution is 14.4. The van der Waals surface area contributed by atoms with Gasteiger partial charge in [-0.1, -0.05) is 65.4 Å². The maximum absolute atomic E-state index is 2.42. The fraction of sp³-hybridized carbons (Fsp3) is 0. The predicted molar refractivity (Wildman–Crippen MR) is 47.8 cm³/mol. The van der Waals surface area contributed by atoms with E-state index in [1.165, 1.54) is 0 Å². The van der Waals surface area contributed by atoms with E-state index in [1.807, 2.05) is 0 Å². The normalized spacial score (nSPS) is 9.00. The molecule has 0 aromatic rings. The Morgan fingerprint density at radius 3 is 1.00 bits per heavy atom. The molecule has 0 aliphatic heterocycles. The third kappa shape index (κ3) is 8.83. The summed E-state index contributed by atoms with van der Waals surface area (Å²) < 4.78 is 0.0304. The molecule has 0 heterocycles. The first-order valence-corrected chi connectivity index (χ1v) is 11.4. The predicted octanol–water partition coefficient (Wildman–Crippen LogP) is 2.28. The zero-order chi connectivity index (χ0) is 3.58. The molecule has 0 saturated heterocycles. The van der Waals surface area contributed by atoms with Crippen LogP contribution in [0.1, 0.15) is 0 Å². The van der Waals surface area contributed by atoms with Gasteiger partial charge in [-0.25, -0.2) is 0 Å². The molecule has 0 saturated carbocycles. The molecule has 0 aromatic heterocycles. The van der Waals surface area contributed by atoms with Crippen LogP contribution < -0.4 is 0 Å². The highest BCUT2D eigenvalue weighted by Crippen LogP contribution is 2.10. The molecule has 0 spiro atoms. The summed E-state index contributed by atoms with van der Waals surface area (Å²) in [5.41, 5.74) is 0.